The standard InChI is InChI=1S/C15H23N3O2/c1-11(2)10-20-15(4,12(3)17-18-14(16)19)13-8-6-5-7-9-13/h5-9,11H,10H2,1-4H3,(H3,16,18,19)/b17-12-/t15-/m1/s1. The zero-order chi connectivity index (χ0) is 15.2. The number of ether oxygens (including phenoxy) is 1. The molecule has 0 aliphatic carbocycles. The lowest BCUT2D eigenvalue weighted by atomic mass is 9.91. The second kappa shape index (κ2) is 7.05. The van der Waals surface area contributed by atoms with Crippen LogP contribution in [0, 0.1) is 5.92 Å². The van der Waals surface area contributed by atoms with Gasteiger partial charge in [-0.15, -0.1) is 0 Å². The summed E-state index contributed by atoms with van der Waals surface area (Å²) < 4.78 is 6.05. The molecule has 1 aromatic carbocycles. The summed E-state index contributed by atoms with van der Waals surface area (Å²) >= 11 is 0. The van der Waals surface area contributed by atoms with Crippen molar-refractivity contribution < 1.29 is 9.53 Å². The lowest BCUT2D eigenvalue weighted by molar-refractivity contribution is 0.00164. The van der Waals surface area contributed by atoms with Gasteiger partial charge in [0.1, 0.15) is 5.60 Å². The monoisotopic (exact) mass is 277 g/mol. The lowest BCUT2D eigenvalue weighted by Gasteiger charge is -2.31. The summed E-state index contributed by atoms with van der Waals surface area (Å²) in [6.07, 6.45) is 0. The smallest absolute Gasteiger partial charge is 0.332 e. The van der Waals surface area contributed by atoms with E-state index in [1.54, 1.807) is 0 Å². The number of rotatable bonds is 6. The van der Waals surface area contributed by atoms with Gasteiger partial charge in [0.05, 0.1) is 12.3 Å². The number of nitrogens with two attached hydrogens (primary N) is 1. The predicted octanol–water partition coefficient (Wildman–Crippen LogP) is 2.62. The minimum atomic E-state index is -0.700. The third-order valence-corrected chi connectivity index (χ3v) is 3.05. The van der Waals surface area contributed by atoms with E-state index in [2.05, 4.69) is 24.4 Å². The van der Waals surface area contributed by atoms with Crippen LogP contribution in [0.2, 0.25) is 0 Å². The number of benzene rings is 1. The summed E-state index contributed by atoms with van der Waals surface area (Å²) in [4.78, 5) is 10.8. The Morgan fingerprint density at radius 1 is 1.40 bits per heavy atom. The summed E-state index contributed by atoms with van der Waals surface area (Å²) in [6.45, 7) is 8.50. The fourth-order valence-corrected chi connectivity index (χ4v) is 1.73. The van der Waals surface area contributed by atoms with E-state index in [-0.39, 0.29) is 0 Å². The molecule has 1 rings (SSSR count). The third kappa shape index (κ3) is 4.35. The van der Waals surface area contributed by atoms with Crippen LogP contribution in [0.4, 0.5) is 4.79 Å². The molecule has 0 aromatic heterocycles. The van der Waals surface area contributed by atoms with Crippen molar-refractivity contribution >= 4 is 11.7 Å². The Kier molecular flexibility index (Phi) is 5.70. The quantitative estimate of drug-likeness (QED) is 0.619. The molecule has 0 aliphatic rings. The molecule has 5 nitrogen and oxygen atoms in total. The van der Waals surface area contributed by atoms with E-state index in [0.717, 1.165) is 5.56 Å². The Balaban J connectivity index is 3.06. The number of carbonyl (C=O) groups is 1. The SMILES string of the molecule is C/C(=N/NC(N)=O)[C@@](C)(OCC(C)C)c1ccccc1. The Bertz CT molecular complexity index is 471. The number of amides is 2. The van der Waals surface area contributed by atoms with E-state index < -0.39 is 11.6 Å². The van der Waals surface area contributed by atoms with Crippen molar-refractivity contribution in [3.63, 3.8) is 0 Å². The topological polar surface area (TPSA) is 76.7 Å². The van der Waals surface area contributed by atoms with E-state index in [1.165, 1.54) is 0 Å². The highest BCUT2D eigenvalue weighted by Crippen LogP contribution is 2.27. The van der Waals surface area contributed by atoms with Gasteiger partial charge in [0.25, 0.3) is 0 Å². The molecule has 1 aromatic rings. The molecule has 0 saturated heterocycles. The molecule has 20 heavy (non-hydrogen) atoms. The van der Waals surface area contributed by atoms with E-state index in [4.69, 9.17) is 10.5 Å². The highest BCUT2D eigenvalue weighted by molar-refractivity contribution is 5.92. The van der Waals surface area contributed by atoms with Gasteiger partial charge in [-0.1, -0.05) is 44.2 Å². The van der Waals surface area contributed by atoms with Crippen LogP contribution in [0.25, 0.3) is 0 Å². The molecule has 0 radical (unpaired) electrons. The maximum Gasteiger partial charge on any atom is 0.332 e. The fourth-order valence-electron chi connectivity index (χ4n) is 1.73. The van der Waals surface area contributed by atoms with E-state index in [0.29, 0.717) is 18.2 Å². The number of hydrogen-bond donors (Lipinski definition) is 2. The van der Waals surface area contributed by atoms with E-state index >= 15 is 0 Å². The van der Waals surface area contributed by atoms with Crippen molar-refractivity contribution in [1.82, 2.24) is 5.43 Å². The van der Waals surface area contributed by atoms with Crippen LogP contribution in [0.15, 0.2) is 35.4 Å². The van der Waals surface area contributed by atoms with E-state index in [1.807, 2.05) is 44.2 Å². The van der Waals surface area contributed by atoms with Crippen molar-refractivity contribution in [3.05, 3.63) is 35.9 Å². The number of hydrogen-bond acceptors (Lipinski definition) is 3. The van der Waals surface area contributed by atoms with Crippen molar-refractivity contribution in [2.75, 3.05) is 6.61 Å². The zero-order valence-corrected chi connectivity index (χ0v) is 12.5. The Morgan fingerprint density at radius 2 is 2.00 bits per heavy atom. The molecule has 0 bridgehead atoms. The van der Waals surface area contributed by atoms with Crippen molar-refractivity contribution in [2.45, 2.75) is 33.3 Å². The van der Waals surface area contributed by atoms with Crippen LogP contribution in [0.5, 0.6) is 0 Å². The van der Waals surface area contributed by atoms with E-state index in [9.17, 15) is 4.79 Å². The lowest BCUT2D eigenvalue weighted by Crippen LogP contribution is -2.37. The van der Waals surface area contributed by atoms with Gasteiger partial charge in [-0.25, -0.2) is 10.2 Å². The zero-order valence-electron chi connectivity index (χ0n) is 12.5. The van der Waals surface area contributed by atoms with Gasteiger partial charge in [0.15, 0.2) is 0 Å². The molecule has 1 atom stereocenters. The number of nitrogens with one attached hydrogen (secondary N) is 1. The first-order valence-corrected chi connectivity index (χ1v) is 6.66. The van der Waals surface area contributed by atoms with Crippen LogP contribution >= 0.6 is 0 Å². The van der Waals surface area contributed by atoms with Crippen LogP contribution < -0.4 is 11.2 Å². The predicted molar refractivity (Wildman–Crippen MR) is 80.4 cm³/mol. The summed E-state index contributed by atoms with van der Waals surface area (Å²) in [5, 5.41) is 4.02. The Morgan fingerprint density at radius 3 is 2.50 bits per heavy atom. The fraction of sp³-hybridized carbons (Fsp3) is 0.467. The molecule has 0 unspecified atom stereocenters. The van der Waals surface area contributed by atoms with Gasteiger partial charge in [0, 0.05) is 0 Å². The van der Waals surface area contributed by atoms with Crippen LogP contribution in [-0.4, -0.2) is 18.3 Å². The second-order valence-corrected chi connectivity index (χ2v) is 5.28. The highest BCUT2D eigenvalue weighted by Gasteiger charge is 2.31. The minimum absolute atomic E-state index is 0.398. The maximum absolute atomic E-state index is 10.8. The normalized spacial score (nSPS) is 14.9. The van der Waals surface area contributed by atoms with Crippen molar-refractivity contribution in [2.24, 2.45) is 16.8 Å². The highest BCUT2D eigenvalue weighted by atomic mass is 16.5. The molecule has 0 aliphatic heterocycles. The number of hydrazone groups is 1. The van der Waals surface area contributed by atoms with Crippen LogP contribution in [0.1, 0.15) is 33.3 Å². The molecule has 0 saturated carbocycles. The number of carbonyl (C=O) groups excluding carboxylic acids is 1. The summed E-state index contributed by atoms with van der Waals surface area (Å²) in [5.74, 6) is 0.398. The summed E-state index contributed by atoms with van der Waals surface area (Å²) in [7, 11) is 0. The molecule has 110 valence electrons. The summed E-state index contributed by atoms with van der Waals surface area (Å²) in [5.41, 5.74) is 8.22. The first-order chi connectivity index (χ1) is 9.36. The minimum Gasteiger partial charge on any atom is -0.364 e. The second-order valence-electron chi connectivity index (χ2n) is 5.28. The molecular formula is C15H23N3O2. The molecule has 3 N–H and O–H groups in total. The van der Waals surface area contributed by atoms with Crippen LogP contribution in [-0.2, 0) is 10.3 Å². The average Bonchev–Trinajstić information content (AvgIpc) is 2.43. The van der Waals surface area contributed by atoms with Gasteiger partial charge in [-0.05, 0) is 25.3 Å². The Labute approximate surface area is 120 Å². The molecule has 5 heteroatoms. The molecule has 0 spiro atoms. The molecular weight excluding hydrogens is 254 g/mol. The van der Waals surface area contributed by atoms with Gasteiger partial charge in [-0.3, -0.25) is 0 Å². The molecule has 2 amide bonds. The first-order valence-electron chi connectivity index (χ1n) is 6.66. The van der Waals surface area contributed by atoms with Gasteiger partial charge in [0.2, 0.25) is 0 Å². The van der Waals surface area contributed by atoms with Gasteiger partial charge < -0.3 is 10.5 Å². The first kappa shape index (κ1) is 16.2. The van der Waals surface area contributed by atoms with Gasteiger partial charge in [-0.2, -0.15) is 5.10 Å². The van der Waals surface area contributed by atoms with Crippen molar-refractivity contribution in [1.29, 1.82) is 0 Å². The molecule has 0 fully saturated rings. The summed E-state index contributed by atoms with van der Waals surface area (Å²) in [6, 6.07) is 9.10. The van der Waals surface area contributed by atoms with Crippen LogP contribution in [0.3, 0.4) is 0 Å². The number of primary amides is 1. The number of urea groups is 1. The largest absolute Gasteiger partial charge is 0.364 e. The van der Waals surface area contributed by atoms with Crippen molar-refractivity contribution in [3.8, 4) is 0 Å². The number of nitrogens with zero attached hydrogens (tertiary/aromatic N) is 1. The maximum atomic E-state index is 10.8. The Hall–Kier alpha value is -1.88. The van der Waals surface area contributed by atoms with Gasteiger partial charge >= 0.3 is 6.03 Å². The molecule has 0 heterocycles. The third-order valence-electron chi connectivity index (χ3n) is 3.05. The average molecular weight is 277 g/mol.